The summed E-state index contributed by atoms with van der Waals surface area (Å²) in [5, 5.41) is 23.8. The summed E-state index contributed by atoms with van der Waals surface area (Å²) in [5.41, 5.74) is 0.213. The van der Waals surface area contributed by atoms with Gasteiger partial charge in [-0.15, -0.1) is 0 Å². The number of aromatic amines is 1. The third kappa shape index (κ3) is 2.89. The van der Waals surface area contributed by atoms with Gasteiger partial charge in [-0.3, -0.25) is 14.9 Å². The molecule has 1 aromatic carbocycles. The van der Waals surface area contributed by atoms with Crippen molar-refractivity contribution in [2.24, 2.45) is 5.41 Å². The van der Waals surface area contributed by atoms with Gasteiger partial charge in [0, 0.05) is 19.2 Å². The van der Waals surface area contributed by atoms with Crippen molar-refractivity contribution in [2.75, 3.05) is 18.5 Å². The number of rotatable bonds is 6. The fourth-order valence-corrected chi connectivity index (χ4v) is 3.11. The van der Waals surface area contributed by atoms with Gasteiger partial charge >= 0.3 is 0 Å². The Kier molecular flexibility index (Phi) is 3.99. The van der Waals surface area contributed by atoms with Crippen LogP contribution in [0.2, 0.25) is 0 Å². The molecule has 0 spiro atoms. The van der Waals surface area contributed by atoms with Crippen LogP contribution in [0.3, 0.4) is 0 Å². The number of nitro groups is 1. The molecule has 0 radical (unpaired) electrons. The molecular formula is C15H18N4O4. The van der Waals surface area contributed by atoms with Crippen LogP contribution in [-0.4, -0.2) is 33.1 Å². The average molecular weight is 318 g/mol. The Morgan fingerprint density at radius 3 is 2.83 bits per heavy atom. The molecular weight excluding hydrogens is 300 g/mol. The minimum absolute atomic E-state index is 0.000829. The largest absolute Gasteiger partial charge is 0.396 e. The number of fused-ring (bicyclic) bond motifs is 1. The standard InChI is InChI=1S/C15H18N4O4/c20-5-4-15(2-1-3-15)8-16-12-7-11-10(6-13(12)19(22)23)14(21)18-9-17-11/h6-7,9,16,20H,1-5,8H2,(H,17,18,21). The molecule has 3 N–H and O–H groups in total. The molecule has 0 bridgehead atoms. The Morgan fingerprint density at radius 1 is 1.43 bits per heavy atom. The number of aliphatic hydroxyl groups excluding tert-OH is 1. The Balaban J connectivity index is 1.94. The van der Waals surface area contributed by atoms with Crippen molar-refractivity contribution in [3.05, 3.63) is 38.9 Å². The predicted molar refractivity (Wildman–Crippen MR) is 85.5 cm³/mol. The fraction of sp³-hybridized carbons (Fsp3) is 0.467. The normalized spacial score (nSPS) is 16.0. The highest BCUT2D eigenvalue weighted by molar-refractivity contribution is 5.86. The van der Waals surface area contributed by atoms with Gasteiger partial charge in [0.15, 0.2) is 0 Å². The van der Waals surface area contributed by atoms with Crippen molar-refractivity contribution in [3.8, 4) is 0 Å². The van der Waals surface area contributed by atoms with E-state index < -0.39 is 10.5 Å². The quantitative estimate of drug-likeness (QED) is 0.551. The predicted octanol–water partition coefficient (Wildman–Crippen LogP) is 1.80. The lowest BCUT2D eigenvalue weighted by molar-refractivity contribution is -0.383. The molecule has 1 heterocycles. The van der Waals surface area contributed by atoms with Crippen molar-refractivity contribution in [2.45, 2.75) is 25.7 Å². The number of aliphatic hydroxyl groups is 1. The van der Waals surface area contributed by atoms with Gasteiger partial charge < -0.3 is 15.4 Å². The second-order valence-corrected chi connectivity index (χ2v) is 6.06. The SMILES string of the molecule is O=c1[nH]cnc2cc(NCC3(CCO)CCC3)c([N+](=O)[O-])cc12. The van der Waals surface area contributed by atoms with Crippen LogP contribution in [0.4, 0.5) is 11.4 Å². The Labute approximate surface area is 131 Å². The molecule has 2 aromatic rings. The molecule has 0 unspecified atom stereocenters. The Bertz CT molecular complexity index is 798. The fourth-order valence-electron chi connectivity index (χ4n) is 3.11. The summed E-state index contributed by atoms with van der Waals surface area (Å²) in [5.74, 6) is 0. The lowest BCUT2D eigenvalue weighted by Crippen LogP contribution is -2.37. The van der Waals surface area contributed by atoms with Crippen molar-refractivity contribution in [1.82, 2.24) is 9.97 Å². The van der Waals surface area contributed by atoms with Gasteiger partial charge in [0.25, 0.3) is 11.2 Å². The van der Waals surface area contributed by atoms with Gasteiger partial charge in [0.1, 0.15) is 5.69 Å². The second kappa shape index (κ2) is 5.96. The van der Waals surface area contributed by atoms with E-state index >= 15 is 0 Å². The molecule has 0 atom stereocenters. The highest BCUT2D eigenvalue weighted by Gasteiger charge is 2.36. The summed E-state index contributed by atoms with van der Waals surface area (Å²) in [6.07, 6.45) is 5.07. The van der Waals surface area contributed by atoms with Crippen LogP contribution >= 0.6 is 0 Å². The maximum Gasteiger partial charge on any atom is 0.293 e. The van der Waals surface area contributed by atoms with E-state index in [0.717, 1.165) is 19.3 Å². The first-order valence-electron chi connectivity index (χ1n) is 7.55. The summed E-state index contributed by atoms with van der Waals surface area (Å²) in [6, 6.07) is 2.79. The molecule has 1 aliphatic carbocycles. The molecule has 0 saturated heterocycles. The molecule has 23 heavy (non-hydrogen) atoms. The molecule has 0 amide bonds. The smallest absolute Gasteiger partial charge is 0.293 e. The van der Waals surface area contributed by atoms with E-state index in [9.17, 15) is 20.0 Å². The lowest BCUT2D eigenvalue weighted by atomic mass is 9.67. The highest BCUT2D eigenvalue weighted by Crippen LogP contribution is 2.44. The summed E-state index contributed by atoms with van der Waals surface area (Å²) in [4.78, 5) is 29.0. The van der Waals surface area contributed by atoms with Gasteiger partial charge in [-0.2, -0.15) is 0 Å². The van der Waals surface area contributed by atoms with Crippen LogP contribution in [0.5, 0.6) is 0 Å². The number of aromatic nitrogens is 2. The Hall–Kier alpha value is -2.48. The third-order valence-electron chi connectivity index (χ3n) is 4.66. The maximum atomic E-state index is 11.8. The molecule has 8 heteroatoms. The van der Waals surface area contributed by atoms with E-state index in [4.69, 9.17) is 0 Å². The zero-order valence-corrected chi connectivity index (χ0v) is 12.5. The van der Waals surface area contributed by atoms with Crippen LogP contribution in [0.25, 0.3) is 10.9 Å². The van der Waals surface area contributed by atoms with Gasteiger partial charge in [-0.1, -0.05) is 6.42 Å². The van der Waals surface area contributed by atoms with Crippen molar-refractivity contribution in [3.63, 3.8) is 0 Å². The highest BCUT2D eigenvalue weighted by atomic mass is 16.6. The number of H-pyrrole nitrogens is 1. The second-order valence-electron chi connectivity index (χ2n) is 6.06. The number of nitrogens with one attached hydrogen (secondary N) is 2. The van der Waals surface area contributed by atoms with E-state index in [-0.39, 0.29) is 23.1 Å². The first-order valence-corrected chi connectivity index (χ1v) is 7.55. The van der Waals surface area contributed by atoms with E-state index in [1.807, 2.05) is 0 Å². The lowest BCUT2D eigenvalue weighted by Gasteiger charge is -2.42. The van der Waals surface area contributed by atoms with E-state index in [2.05, 4.69) is 15.3 Å². The molecule has 1 aliphatic rings. The molecule has 0 aliphatic heterocycles. The van der Waals surface area contributed by atoms with Crippen LogP contribution < -0.4 is 10.9 Å². The summed E-state index contributed by atoms with van der Waals surface area (Å²) >= 11 is 0. The number of nitrogens with zero attached hydrogens (tertiary/aromatic N) is 2. The van der Waals surface area contributed by atoms with E-state index in [1.54, 1.807) is 0 Å². The minimum Gasteiger partial charge on any atom is -0.396 e. The van der Waals surface area contributed by atoms with Gasteiger partial charge in [0.2, 0.25) is 0 Å². The van der Waals surface area contributed by atoms with E-state index in [0.29, 0.717) is 24.2 Å². The van der Waals surface area contributed by atoms with Crippen LogP contribution in [0, 0.1) is 15.5 Å². The van der Waals surface area contributed by atoms with Crippen LogP contribution in [0.15, 0.2) is 23.3 Å². The van der Waals surface area contributed by atoms with Gasteiger partial charge in [0.05, 0.1) is 22.2 Å². The molecule has 3 rings (SSSR count). The van der Waals surface area contributed by atoms with Crippen LogP contribution in [-0.2, 0) is 0 Å². The first-order chi connectivity index (χ1) is 11.0. The number of hydrogen-bond acceptors (Lipinski definition) is 6. The average Bonchev–Trinajstić information content (AvgIpc) is 2.49. The topological polar surface area (TPSA) is 121 Å². The number of hydrogen-bond donors (Lipinski definition) is 3. The molecule has 1 fully saturated rings. The Morgan fingerprint density at radius 2 is 2.22 bits per heavy atom. The maximum absolute atomic E-state index is 11.8. The zero-order chi connectivity index (χ0) is 16.4. The van der Waals surface area contributed by atoms with Gasteiger partial charge in [-0.05, 0) is 30.7 Å². The first kappa shape index (κ1) is 15.4. The zero-order valence-electron chi connectivity index (χ0n) is 12.5. The summed E-state index contributed by atoms with van der Waals surface area (Å²) in [6.45, 7) is 0.668. The minimum atomic E-state index is -0.506. The van der Waals surface area contributed by atoms with Crippen molar-refractivity contribution < 1.29 is 10.0 Å². The number of nitro benzene ring substituents is 1. The third-order valence-corrected chi connectivity index (χ3v) is 4.66. The van der Waals surface area contributed by atoms with Crippen molar-refractivity contribution >= 4 is 22.3 Å². The summed E-state index contributed by atoms with van der Waals surface area (Å²) < 4.78 is 0. The molecule has 122 valence electrons. The molecule has 8 nitrogen and oxygen atoms in total. The molecule has 1 saturated carbocycles. The van der Waals surface area contributed by atoms with Crippen LogP contribution in [0.1, 0.15) is 25.7 Å². The summed E-state index contributed by atoms with van der Waals surface area (Å²) in [7, 11) is 0. The van der Waals surface area contributed by atoms with E-state index in [1.165, 1.54) is 18.5 Å². The monoisotopic (exact) mass is 318 g/mol. The number of anilines is 1. The van der Waals surface area contributed by atoms with Gasteiger partial charge in [-0.25, -0.2) is 4.98 Å². The van der Waals surface area contributed by atoms with Crippen molar-refractivity contribution in [1.29, 1.82) is 0 Å². The molecule has 1 aromatic heterocycles. The number of benzene rings is 1.